The van der Waals surface area contributed by atoms with Gasteiger partial charge in [0.1, 0.15) is 11.9 Å². The first-order valence-corrected chi connectivity index (χ1v) is 9.13. The van der Waals surface area contributed by atoms with Crippen molar-refractivity contribution in [1.82, 2.24) is 15.5 Å². The van der Waals surface area contributed by atoms with Crippen molar-refractivity contribution >= 4 is 0 Å². The molecule has 0 saturated heterocycles. The first-order valence-electron chi connectivity index (χ1n) is 9.13. The molecule has 0 aliphatic carbocycles. The lowest BCUT2D eigenvalue weighted by molar-refractivity contribution is 0.427. The van der Waals surface area contributed by atoms with E-state index in [1.807, 2.05) is 49.4 Å². The fraction of sp³-hybridized carbons (Fsp3) is 0.130. The van der Waals surface area contributed by atoms with Gasteiger partial charge in [-0.15, -0.1) is 10.2 Å². The van der Waals surface area contributed by atoms with Gasteiger partial charge in [-0.05, 0) is 30.7 Å². The fourth-order valence-electron chi connectivity index (χ4n) is 3.01. The molecule has 4 nitrogen and oxygen atoms in total. The summed E-state index contributed by atoms with van der Waals surface area (Å²) in [5.41, 5.74) is 3.58. The number of benzene rings is 3. The van der Waals surface area contributed by atoms with Crippen molar-refractivity contribution in [2.75, 3.05) is 0 Å². The van der Waals surface area contributed by atoms with Crippen LogP contribution in [0.1, 0.15) is 28.6 Å². The molecule has 0 aliphatic heterocycles. The number of nitrogens with one attached hydrogen (secondary N) is 1. The van der Waals surface area contributed by atoms with Crippen LogP contribution in [0.5, 0.6) is 0 Å². The topological polar surface area (TPSA) is 51.0 Å². The number of aromatic nitrogens is 2. The summed E-state index contributed by atoms with van der Waals surface area (Å²) in [4.78, 5) is 0. The second-order valence-electron chi connectivity index (χ2n) is 6.63. The highest BCUT2D eigenvalue weighted by molar-refractivity contribution is 5.51. The molecule has 4 aromatic rings. The molecular weight excluding hydrogens is 353 g/mol. The monoisotopic (exact) mass is 373 g/mol. The van der Waals surface area contributed by atoms with Gasteiger partial charge >= 0.3 is 0 Å². The zero-order valence-corrected chi connectivity index (χ0v) is 15.5. The summed E-state index contributed by atoms with van der Waals surface area (Å²) in [7, 11) is 0. The van der Waals surface area contributed by atoms with E-state index in [0.29, 0.717) is 23.9 Å². The molecule has 0 fully saturated rings. The molecule has 140 valence electrons. The van der Waals surface area contributed by atoms with Crippen LogP contribution in [0.3, 0.4) is 0 Å². The average molecular weight is 373 g/mol. The smallest absolute Gasteiger partial charge is 0.247 e. The Morgan fingerprint density at radius 3 is 2.36 bits per heavy atom. The summed E-state index contributed by atoms with van der Waals surface area (Å²) in [6.07, 6.45) is 0. The predicted molar refractivity (Wildman–Crippen MR) is 106 cm³/mol. The van der Waals surface area contributed by atoms with Crippen molar-refractivity contribution in [2.24, 2.45) is 0 Å². The van der Waals surface area contributed by atoms with Gasteiger partial charge in [-0.2, -0.15) is 0 Å². The summed E-state index contributed by atoms with van der Waals surface area (Å²) in [6.45, 7) is 2.59. The maximum Gasteiger partial charge on any atom is 0.247 e. The van der Waals surface area contributed by atoms with Crippen LogP contribution < -0.4 is 5.32 Å². The Labute approximate surface area is 163 Å². The maximum atomic E-state index is 14.5. The van der Waals surface area contributed by atoms with Gasteiger partial charge in [0, 0.05) is 17.7 Å². The highest BCUT2D eigenvalue weighted by Gasteiger charge is 2.23. The van der Waals surface area contributed by atoms with E-state index in [2.05, 4.69) is 27.6 Å². The van der Waals surface area contributed by atoms with E-state index < -0.39 is 6.04 Å². The number of aryl methyl sites for hydroxylation is 1. The lowest BCUT2D eigenvalue weighted by Crippen LogP contribution is -2.23. The van der Waals surface area contributed by atoms with Crippen LogP contribution in [0.2, 0.25) is 0 Å². The van der Waals surface area contributed by atoms with E-state index in [0.717, 1.165) is 11.1 Å². The van der Waals surface area contributed by atoms with E-state index in [4.69, 9.17) is 4.42 Å². The molecule has 0 saturated carbocycles. The number of rotatable bonds is 6. The third-order valence-corrected chi connectivity index (χ3v) is 4.56. The zero-order valence-electron chi connectivity index (χ0n) is 15.5. The van der Waals surface area contributed by atoms with Crippen molar-refractivity contribution in [3.05, 3.63) is 107 Å². The molecule has 28 heavy (non-hydrogen) atoms. The van der Waals surface area contributed by atoms with Crippen LogP contribution in [0.25, 0.3) is 11.5 Å². The lowest BCUT2D eigenvalue weighted by atomic mass is 10.1. The molecule has 0 unspecified atom stereocenters. The summed E-state index contributed by atoms with van der Waals surface area (Å²) in [6, 6.07) is 23.8. The average Bonchev–Trinajstić information content (AvgIpc) is 3.21. The lowest BCUT2D eigenvalue weighted by Gasteiger charge is -2.16. The highest BCUT2D eigenvalue weighted by atomic mass is 19.1. The minimum Gasteiger partial charge on any atom is -0.419 e. The summed E-state index contributed by atoms with van der Waals surface area (Å²) < 4.78 is 20.4. The van der Waals surface area contributed by atoms with Crippen molar-refractivity contribution in [3.63, 3.8) is 0 Å². The van der Waals surface area contributed by atoms with E-state index in [1.165, 1.54) is 11.6 Å². The minimum absolute atomic E-state index is 0.316. The quantitative estimate of drug-likeness (QED) is 0.513. The number of hydrogen-bond acceptors (Lipinski definition) is 4. The third kappa shape index (κ3) is 4.00. The predicted octanol–water partition coefficient (Wildman–Crippen LogP) is 5.06. The van der Waals surface area contributed by atoms with Gasteiger partial charge in [0.25, 0.3) is 0 Å². The minimum atomic E-state index is -0.549. The Balaban J connectivity index is 1.64. The van der Waals surface area contributed by atoms with Gasteiger partial charge in [0.15, 0.2) is 0 Å². The molecule has 0 aliphatic rings. The first-order chi connectivity index (χ1) is 13.7. The standard InChI is InChI=1S/C23H20FN3O/c1-16-11-13-17(14-12-16)15-25-21(19-9-5-6-10-20(19)24)23-27-26-22(28-23)18-7-3-2-4-8-18/h2-14,21,25H,15H2,1H3/t21-/m1/s1. The van der Waals surface area contributed by atoms with Gasteiger partial charge in [-0.25, -0.2) is 4.39 Å². The Morgan fingerprint density at radius 2 is 1.61 bits per heavy atom. The van der Waals surface area contributed by atoms with Gasteiger partial charge in [-0.1, -0.05) is 66.2 Å². The molecule has 1 N–H and O–H groups in total. The van der Waals surface area contributed by atoms with Crippen molar-refractivity contribution in [1.29, 1.82) is 0 Å². The van der Waals surface area contributed by atoms with Crippen LogP contribution in [0.15, 0.2) is 83.3 Å². The van der Waals surface area contributed by atoms with Crippen LogP contribution in [0, 0.1) is 12.7 Å². The van der Waals surface area contributed by atoms with Gasteiger partial charge in [-0.3, -0.25) is 5.32 Å². The molecule has 0 amide bonds. The Hall–Kier alpha value is -3.31. The van der Waals surface area contributed by atoms with Crippen molar-refractivity contribution < 1.29 is 8.81 Å². The molecule has 0 spiro atoms. The van der Waals surface area contributed by atoms with Crippen LogP contribution in [-0.4, -0.2) is 10.2 Å². The molecule has 5 heteroatoms. The largest absolute Gasteiger partial charge is 0.419 e. The second-order valence-corrected chi connectivity index (χ2v) is 6.63. The van der Waals surface area contributed by atoms with Crippen LogP contribution in [-0.2, 0) is 6.54 Å². The van der Waals surface area contributed by atoms with Gasteiger partial charge < -0.3 is 4.42 Å². The van der Waals surface area contributed by atoms with Crippen molar-refractivity contribution in [2.45, 2.75) is 19.5 Å². The third-order valence-electron chi connectivity index (χ3n) is 4.56. The Morgan fingerprint density at radius 1 is 0.893 bits per heavy atom. The van der Waals surface area contributed by atoms with Crippen LogP contribution in [0.4, 0.5) is 4.39 Å². The molecular formula is C23H20FN3O. The maximum absolute atomic E-state index is 14.5. The second kappa shape index (κ2) is 8.15. The van der Waals surface area contributed by atoms with Crippen molar-refractivity contribution in [3.8, 4) is 11.5 Å². The summed E-state index contributed by atoms with van der Waals surface area (Å²) in [5, 5.41) is 11.7. The molecule has 1 heterocycles. The molecule has 3 aromatic carbocycles. The summed E-state index contributed by atoms with van der Waals surface area (Å²) >= 11 is 0. The molecule has 0 bridgehead atoms. The van der Waals surface area contributed by atoms with Crippen LogP contribution >= 0.6 is 0 Å². The summed E-state index contributed by atoms with van der Waals surface area (Å²) in [5.74, 6) is 0.425. The molecule has 1 aromatic heterocycles. The number of hydrogen-bond donors (Lipinski definition) is 1. The van der Waals surface area contributed by atoms with Gasteiger partial charge in [0.2, 0.25) is 11.8 Å². The fourth-order valence-corrected chi connectivity index (χ4v) is 3.01. The molecule has 1 atom stereocenters. The normalized spacial score (nSPS) is 12.1. The van der Waals surface area contributed by atoms with E-state index in [-0.39, 0.29) is 5.82 Å². The Bertz CT molecular complexity index is 1040. The van der Waals surface area contributed by atoms with E-state index >= 15 is 0 Å². The first kappa shape index (κ1) is 18.1. The highest BCUT2D eigenvalue weighted by Crippen LogP contribution is 2.27. The zero-order chi connectivity index (χ0) is 19.3. The van der Waals surface area contributed by atoms with Gasteiger partial charge in [0.05, 0.1) is 0 Å². The van der Waals surface area contributed by atoms with E-state index in [1.54, 1.807) is 18.2 Å². The Kier molecular flexibility index (Phi) is 5.26. The number of halogens is 1. The molecule has 0 radical (unpaired) electrons. The van der Waals surface area contributed by atoms with E-state index in [9.17, 15) is 4.39 Å². The SMILES string of the molecule is Cc1ccc(CN[C@@H](c2nnc(-c3ccccc3)o2)c2ccccc2F)cc1. The number of nitrogens with zero attached hydrogens (tertiary/aromatic N) is 2. The molecule has 4 rings (SSSR count).